The lowest BCUT2D eigenvalue weighted by Crippen LogP contribution is -2.25. The Balaban J connectivity index is 1.76. The van der Waals surface area contributed by atoms with Gasteiger partial charge in [0.25, 0.3) is 5.91 Å². The molecule has 27 heavy (non-hydrogen) atoms. The molecule has 0 bridgehead atoms. The van der Waals surface area contributed by atoms with Crippen LogP contribution in [-0.4, -0.2) is 17.1 Å². The maximum atomic E-state index is 13.1. The van der Waals surface area contributed by atoms with Crippen LogP contribution in [0.15, 0.2) is 74.9 Å². The van der Waals surface area contributed by atoms with E-state index in [2.05, 4.69) is 32.1 Å². The summed E-state index contributed by atoms with van der Waals surface area (Å²) in [5, 5.41) is 6.17. The number of anilines is 1. The zero-order valence-electron chi connectivity index (χ0n) is 14.3. The Morgan fingerprint density at radius 3 is 2.78 bits per heavy atom. The lowest BCUT2D eigenvalue weighted by atomic mass is 10.2. The fourth-order valence-electron chi connectivity index (χ4n) is 2.49. The number of rotatable bonds is 4. The lowest BCUT2D eigenvalue weighted by molar-refractivity contribution is 0.0988. The van der Waals surface area contributed by atoms with Crippen molar-refractivity contribution in [3.63, 3.8) is 0 Å². The Labute approximate surface area is 168 Å². The summed E-state index contributed by atoms with van der Waals surface area (Å²) >= 11 is 4.81. The number of amides is 1. The smallest absolute Gasteiger partial charge is 0.280 e. The van der Waals surface area contributed by atoms with Crippen LogP contribution in [0.4, 0.5) is 5.13 Å². The van der Waals surface area contributed by atoms with Crippen molar-refractivity contribution in [1.82, 2.24) is 4.98 Å². The topological polar surface area (TPSA) is 58.7 Å². The molecule has 1 amide bonds. The van der Waals surface area contributed by atoms with E-state index in [1.54, 1.807) is 30.5 Å². The van der Waals surface area contributed by atoms with Gasteiger partial charge in [-0.3, -0.25) is 4.79 Å². The molecule has 4 aromatic rings. The molecule has 2 aromatic carbocycles. The van der Waals surface area contributed by atoms with Gasteiger partial charge in [0.1, 0.15) is 5.76 Å². The van der Waals surface area contributed by atoms with Gasteiger partial charge in [-0.1, -0.05) is 33.3 Å². The van der Waals surface area contributed by atoms with Crippen molar-refractivity contribution >= 4 is 54.7 Å². The summed E-state index contributed by atoms with van der Waals surface area (Å²) in [6.45, 7) is 2.03. The van der Waals surface area contributed by atoms with Crippen LogP contribution in [-0.2, 0) is 0 Å². The van der Waals surface area contributed by atoms with Gasteiger partial charge in [0.2, 0.25) is 5.13 Å². The number of nitrogens with zero attached hydrogens (tertiary/aromatic N) is 3. The number of thiazole rings is 1. The number of fused-ring (bicyclic) bond motifs is 1. The van der Waals surface area contributed by atoms with Crippen LogP contribution in [0, 0.1) is 6.92 Å². The third kappa shape index (κ3) is 3.84. The first-order valence-electron chi connectivity index (χ1n) is 8.15. The van der Waals surface area contributed by atoms with E-state index in [-0.39, 0.29) is 5.91 Å². The molecule has 0 aliphatic carbocycles. The van der Waals surface area contributed by atoms with E-state index in [1.165, 1.54) is 22.6 Å². The van der Waals surface area contributed by atoms with E-state index in [0.717, 1.165) is 20.3 Å². The first-order valence-corrected chi connectivity index (χ1v) is 9.76. The standard InChI is InChI=1S/C20H14BrN3O2S/c1-13-4-9-17-18(11-13)27-20(23-17)24(22-12-16-3-2-10-26-16)19(25)14-5-7-15(21)8-6-14/h2-12H,1H3/b22-12+. The molecule has 0 aliphatic rings. The van der Waals surface area contributed by atoms with Crippen molar-refractivity contribution in [3.8, 4) is 0 Å². The average Bonchev–Trinajstić information content (AvgIpc) is 3.31. The van der Waals surface area contributed by atoms with Crippen LogP contribution in [0.25, 0.3) is 10.2 Å². The fraction of sp³-hybridized carbons (Fsp3) is 0.0500. The van der Waals surface area contributed by atoms with Gasteiger partial charge in [-0.15, -0.1) is 0 Å². The Hall–Kier alpha value is -2.77. The first kappa shape index (κ1) is 17.6. The number of carbonyl (C=O) groups excluding carboxylic acids is 1. The largest absolute Gasteiger partial charge is 0.463 e. The minimum atomic E-state index is -0.263. The number of hydrogen-bond acceptors (Lipinski definition) is 5. The summed E-state index contributed by atoms with van der Waals surface area (Å²) in [6, 6.07) is 16.7. The molecule has 0 spiro atoms. The zero-order valence-corrected chi connectivity index (χ0v) is 16.7. The number of hydrazone groups is 1. The highest BCUT2D eigenvalue weighted by Gasteiger charge is 2.21. The van der Waals surface area contributed by atoms with Crippen molar-refractivity contribution < 1.29 is 9.21 Å². The van der Waals surface area contributed by atoms with Crippen molar-refractivity contribution in [3.05, 3.63) is 82.2 Å². The Bertz CT molecular complexity index is 1120. The molecule has 0 radical (unpaired) electrons. The van der Waals surface area contributed by atoms with Crippen molar-refractivity contribution in [2.24, 2.45) is 5.10 Å². The van der Waals surface area contributed by atoms with Crippen LogP contribution in [0.3, 0.4) is 0 Å². The van der Waals surface area contributed by atoms with Gasteiger partial charge in [-0.25, -0.2) is 4.98 Å². The monoisotopic (exact) mass is 439 g/mol. The van der Waals surface area contributed by atoms with E-state index in [1.807, 2.05) is 31.2 Å². The fourth-order valence-corrected chi connectivity index (χ4v) is 3.78. The summed E-state index contributed by atoms with van der Waals surface area (Å²) in [5.41, 5.74) is 2.50. The molecule has 5 nitrogen and oxygen atoms in total. The third-order valence-electron chi connectivity index (χ3n) is 3.84. The molecule has 0 unspecified atom stereocenters. The third-order valence-corrected chi connectivity index (χ3v) is 5.36. The second kappa shape index (κ2) is 7.46. The molecule has 4 rings (SSSR count). The van der Waals surface area contributed by atoms with Crippen LogP contribution in [0.1, 0.15) is 21.7 Å². The lowest BCUT2D eigenvalue weighted by Gasteiger charge is -2.13. The highest BCUT2D eigenvalue weighted by molar-refractivity contribution is 9.10. The summed E-state index contributed by atoms with van der Waals surface area (Å²) in [6.07, 6.45) is 3.07. The molecular weight excluding hydrogens is 426 g/mol. The van der Waals surface area contributed by atoms with Crippen LogP contribution < -0.4 is 5.01 Å². The number of furan rings is 1. The number of aromatic nitrogens is 1. The minimum absolute atomic E-state index is 0.263. The number of hydrogen-bond donors (Lipinski definition) is 0. The quantitative estimate of drug-likeness (QED) is 0.305. The van der Waals surface area contributed by atoms with Crippen LogP contribution >= 0.6 is 27.3 Å². The van der Waals surface area contributed by atoms with E-state index in [0.29, 0.717) is 16.5 Å². The molecule has 2 aromatic heterocycles. The molecule has 0 fully saturated rings. The second-order valence-corrected chi connectivity index (χ2v) is 7.78. The normalized spacial score (nSPS) is 11.3. The second-order valence-electron chi connectivity index (χ2n) is 5.85. The minimum Gasteiger partial charge on any atom is -0.463 e. The van der Waals surface area contributed by atoms with Gasteiger partial charge >= 0.3 is 0 Å². The van der Waals surface area contributed by atoms with Gasteiger partial charge in [0.15, 0.2) is 0 Å². The number of halogens is 1. The van der Waals surface area contributed by atoms with Crippen molar-refractivity contribution in [1.29, 1.82) is 0 Å². The highest BCUT2D eigenvalue weighted by atomic mass is 79.9. The number of benzene rings is 2. The summed E-state index contributed by atoms with van der Waals surface area (Å²) in [4.78, 5) is 17.7. The highest BCUT2D eigenvalue weighted by Crippen LogP contribution is 2.30. The van der Waals surface area contributed by atoms with Crippen LogP contribution in [0.2, 0.25) is 0 Å². The van der Waals surface area contributed by atoms with Gasteiger partial charge < -0.3 is 4.42 Å². The van der Waals surface area contributed by atoms with E-state index >= 15 is 0 Å². The van der Waals surface area contributed by atoms with Gasteiger partial charge in [-0.05, 0) is 61.0 Å². The van der Waals surface area contributed by atoms with E-state index in [4.69, 9.17) is 4.42 Å². The maximum absolute atomic E-state index is 13.1. The maximum Gasteiger partial charge on any atom is 0.280 e. The Morgan fingerprint density at radius 2 is 2.04 bits per heavy atom. The Kier molecular flexibility index (Phi) is 4.87. The zero-order chi connectivity index (χ0) is 18.8. The summed E-state index contributed by atoms with van der Waals surface area (Å²) in [7, 11) is 0. The molecule has 0 saturated heterocycles. The molecule has 7 heteroatoms. The van der Waals surface area contributed by atoms with Crippen molar-refractivity contribution in [2.75, 3.05) is 5.01 Å². The molecule has 2 heterocycles. The average molecular weight is 440 g/mol. The molecule has 0 saturated carbocycles. The van der Waals surface area contributed by atoms with Gasteiger partial charge in [-0.2, -0.15) is 10.1 Å². The van der Waals surface area contributed by atoms with E-state index < -0.39 is 0 Å². The molecule has 134 valence electrons. The molecule has 0 atom stereocenters. The number of aryl methyl sites for hydroxylation is 1. The van der Waals surface area contributed by atoms with Crippen LogP contribution in [0.5, 0.6) is 0 Å². The van der Waals surface area contributed by atoms with Gasteiger partial charge in [0.05, 0.1) is 22.7 Å². The van der Waals surface area contributed by atoms with Crippen molar-refractivity contribution in [2.45, 2.75) is 6.92 Å². The number of carbonyl (C=O) groups is 1. The molecular formula is C20H14BrN3O2S. The first-order chi connectivity index (χ1) is 13.1. The van der Waals surface area contributed by atoms with E-state index in [9.17, 15) is 4.79 Å². The summed E-state index contributed by atoms with van der Waals surface area (Å²) < 4.78 is 7.19. The molecule has 0 aliphatic heterocycles. The SMILES string of the molecule is Cc1ccc2nc(N(/N=C/c3ccco3)C(=O)c3ccc(Br)cc3)sc2c1. The Morgan fingerprint density at radius 1 is 1.22 bits per heavy atom. The van der Waals surface area contributed by atoms with Gasteiger partial charge in [0, 0.05) is 10.0 Å². The predicted octanol–water partition coefficient (Wildman–Crippen LogP) is 5.64. The summed E-state index contributed by atoms with van der Waals surface area (Å²) in [5.74, 6) is 0.293. The predicted molar refractivity (Wildman–Crippen MR) is 112 cm³/mol. The molecule has 0 N–H and O–H groups in total.